The molecule has 2 heterocycles. The third kappa shape index (κ3) is 5.74. The molecule has 0 N–H and O–H groups in total. The first kappa shape index (κ1) is 28.1. The zero-order valence-corrected chi connectivity index (χ0v) is 24.7. The molecule has 0 unspecified atom stereocenters. The molecule has 0 amide bonds. The predicted molar refractivity (Wildman–Crippen MR) is 174 cm³/mol. The Morgan fingerprint density at radius 1 is 0.744 bits per heavy atom. The molecule has 0 bridgehead atoms. The Bertz CT molecular complexity index is 1600. The molecule has 0 radical (unpaired) electrons. The third-order valence-corrected chi connectivity index (χ3v) is 7.92. The maximum Gasteiger partial charge on any atom is 0.0601 e. The minimum Gasteiger partial charge on any atom is -0.344 e. The van der Waals surface area contributed by atoms with E-state index in [0.29, 0.717) is 0 Å². The molecule has 1 aliphatic rings. The lowest BCUT2D eigenvalue weighted by atomic mass is 10.1. The van der Waals surface area contributed by atoms with Gasteiger partial charge in [0.05, 0.1) is 11.4 Å². The first-order chi connectivity index (χ1) is 19.0. The Morgan fingerprint density at radius 2 is 1.31 bits per heavy atom. The quantitative estimate of drug-likeness (QED) is 0.224. The number of allylic oxidation sites excluding steroid dienone is 3. The summed E-state index contributed by atoms with van der Waals surface area (Å²) in [6.07, 6.45) is 6.08. The summed E-state index contributed by atoms with van der Waals surface area (Å²) in [6, 6.07) is 32.3. The van der Waals surface area contributed by atoms with E-state index in [1.165, 1.54) is 54.1 Å². The summed E-state index contributed by atoms with van der Waals surface area (Å²) in [7, 11) is 2.13. The van der Waals surface area contributed by atoms with Crippen LogP contribution in [0, 0.1) is 13.8 Å². The molecule has 1 aliphatic heterocycles. The first-order valence-electron chi connectivity index (χ1n) is 13.6. The number of aromatic nitrogens is 1. The number of thioether (sulfide) groups is 1. The molecule has 0 aliphatic carbocycles. The summed E-state index contributed by atoms with van der Waals surface area (Å²) in [5, 5.41) is 2.72. The smallest absolute Gasteiger partial charge is 0.0601 e. The van der Waals surface area contributed by atoms with Gasteiger partial charge in [-0.05, 0) is 75.4 Å². The van der Waals surface area contributed by atoms with E-state index in [1.54, 1.807) is 11.8 Å². The monoisotopic (exact) mass is 530 g/mol. The van der Waals surface area contributed by atoms with Crippen LogP contribution in [-0.2, 0) is 7.05 Å². The van der Waals surface area contributed by atoms with E-state index in [1.807, 2.05) is 26.0 Å². The van der Waals surface area contributed by atoms with Crippen molar-refractivity contribution < 1.29 is 0 Å². The summed E-state index contributed by atoms with van der Waals surface area (Å²) in [6.45, 7) is 14.2. The van der Waals surface area contributed by atoms with Crippen molar-refractivity contribution in [2.75, 3.05) is 4.90 Å². The summed E-state index contributed by atoms with van der Waals surface area (Å²) in [5.41, 5.74) is 8.81. The normalized spacial score (nSPS) is 14.5. The average molecular weight is 531 g/mol. The highest BCUT2D eigenvalue weighted by Gasteiger charge is 2.25. The number of anilines is 2. The fourth-order valence-corrected chi connectivity index (χ4v) is 5.94. The van der Waals surface area contributed by atoms with E-state index < -0.39 is 0 Å². The number of rotatable bonds is 2. The lowest BCUT2D eigenvalue weighted by Gasteiger charge is -2.34. The van der Waals surface area contributed by atoms with Crippen molar-refractivity contribution >= 4 is 44.9 Å². The highest BCUT2D eigenvalue weighted by molar-refractivity contribution is 8.03. The second-order valence-electron chi connectivity index (χ2n) is 9.28. The van der Waals surface area contributed by atoms with Crippen molar-refractivity contribution in [3.05, 3.63) is 138 Å². The maximum atomic E-state index is 3.87. The summed E-state index contributed by atoms with van der Waals surface area (Å²) < 4.78 is 2.27. The molecular formula is C36H38N2S. The van der Waals surface area contributed by atoms with Crippen LogP contribution in [0.1, 0.15) is 31.9 Å². The topological polar surface area (TPSA) is 8.17 Å². The molecule has 3 heteroatoms. The predicted octanol–water partition coefficient (Wildman–Crippen LogP) is 10.9. The molecule has 0 fully saturated rings. The van der Waals surface area contributed by atoms with E-state index >= 15 is 0 Å². The highest BCUT2D eigenvalue weighted by atomic mass is 32.2. The van der Waals surface area contributed by atoms with Crippen LogP contribution in [0.2, 0.25) is 0 Å². The van der Waals surface area contributed by atoms with Crippen LogP contribution >= 0.6 is 11.8 Å². The third-order valence-electron chi connectivity index (χ3n) is 6.69. The molecule has 6 rings (SSSR count). The standard InChI is InChI=1S/C19H17NS.C15H15N.C2H6/c1-3-10-16-18(4-2)21-19-14-9-8-13-17(19)20(16)15-11-6-5-7-12-15;1-10-4-6-14-12(8-10)13-9-11(2)5-7-15(13)16(14)3;1-2/h3-14H,1H2,2H3;4-9H,1-3H3;1-2H3/b16-10+,18-4+;;. The number of para-hydroxylation sites is 2. The van der Waals surface area contributed by atoms with Crippen LogP contribution in [0.25, 0.3) is 21.8 Å². The molecule has 39 heavy (non-hydrogen) atoms. The number of nitrogens with zero attached hydrogens (tertiary/aromatic N) is 2. The van der Waals surface area contributed by atoms with Gasteiger partial charge in [0.15, 0.2) is 0 Å². The zero-order chi connectivity index (χ0) is 27.9. The van der Waals surface area contributed by atoms with Crippen LogP contribution in [0.15, 0.2) is 131 Å². The fraction of sp³-hybridized carbons (Fsp3) is 0.167. The second kappa shape index (κ2) is 12.7. The average Bonchev–Trinajstić information content (AvgIpc) is 3.24. The van der Waals surface area contributed by atoms with Gasteiger partial charge in [-0.25, -0.2) is 0 Å². The van der Waals surface area contributed by atoms with Crippen LogP contribution in [0.5, 0.6) is 0 Å². The van der Waals surface area contributed by atoms with Gasteiger partial charge < -0.3 is 9.47 Å². The van der Waals surface area contributed by atoms with E-state index in [4.69, 9.17) is 0 Å². The van der Waals surface area contributed by atoms with Crippen molar-refractivity contribution in [2.24, 2.45) is 7.05 Å². The van der Waals surface area contributed by atoms with Gasteiger partial charge >= 0.3 is 0 Å². The Labute approximate surface area is 238 Å². The van der Waals surface area contributed by atoms with Gasteiger partial charge in [0.25, 0.3) is 0 Å². The SMILES string of the molecule is C=C/C=C1\C(=C/C)Sc2ccccc2N1c1ccccc1.CC.Cc1ccc2c(c1)c1cc(C)ccc1n2C. The van der Waals surface area contributed by atoms with Crippen molar-refractivity contribution in [3.63, 3.8) is 0 Å². The molecule has 1 aromatic heterocycles. The van der Waals surface area contributed by atoms with Crippen molar-refractivity contribution in [1.29, 1.82) is 0 Å². The lowest BCUT2D eigenvalue weighted by molar-refractivity contribution is 1.01. The molecule has 0 saturated carbocycles. The van der Waals surface area contributed by atoms with Crippen LogP contribution in [0.4, 0.5) is 11.4 Å². The van der Waals surface area contributed by atoms with Crippen LogP contribution in [0.3, 0.4) is 0 Å². The van der Waals surface area contributed by atoms with Gasteiger partial charge in [0, 0.05) is 44.3 Å². The van der Waals surface area contributed by atoms with Gasteiger partial charge in [0.1, 0.15) is 0 Å². The fourth-order valence-electron chi connectivity index (χ4n) is 4.92. The number of hydrogen-bond acceptors (Lipinski definition) is 2. The molecule has 0 spiro atoms. The van der Waals surface area contributed by atoms with Crippen LogP contribution in [-0.4, -0.2) is 4.57 Å². The number of fused-ring (bicyclic) bond motifs is 4. The molecule has 0 atom stereocenters. The number of hydrogen-bond donors (Lipinski definition) is 0. The number of benzene rings is 4. The van der Waals surface area contributed by atoms with Crippen molar-refractivity contribution in [1.82, 2.24) is 4.57 Å². The van der Waals surface area contributed by atoms with Crippen LogP contribution < -0.4 is 4.90 Å². The number of aryl methyl sites for hydroxylation is 3. The second-order valence-corrected chi connectivity index (χ2v) is 10.4. The minimum atomic E-state index is 1.16. The molecule has 4 aromatic carbocycles. The van der Waals surface area contributed by atoms with E-state index in [0.717, 1.165) is 5.69 Å². The highest BCUT2D eigenvalue weighted by Crippen LogP contribution is 2.49. The van der Waals surface area contributed by atoms with Crippen molar-refractivity contribution in [2.45, 2.75) is 39.5 Å². The molecule has 5 aromatic rings. The maximum absolute atomic E-state index is 3.87. The Hall–Kier alpha value is -3.95. The van der Waals surface area contributed by atoms with Gasteiger partial charge in [-0.1, -0.05) is 97.9 Å². The molecule has 2 nitrogen and oxygen atoms in total. The van der Waals surface area contributed by atoms with Crippen molar-refractivity contribution in [3.8, 4) is 0 Å². The van der Waals surface area contributed by atoms with E-state index in [-0.39, 0.29) is 0 Å². The Morgan fingerprint density at radius 3 is 1.87 bits per heavy atom. The van der Waals surface area contributed by atoms with Gasteiger partial charge in [-0.15, -0.1) is 0 Å². The van der Waals surface area contributed by atoms with Gasteiger partial charge in [-0.3, -0.25) is 0 Å². The van der Waals surface area contributed by atoms with E-state index in [2.05, 4.69) is 141 Å². The lowest BCUT2D eigenvalue weighted by Crippen LogP contribution is -2.21. The molecule has 0 saturated heterocycles. The minimum absolute atomic E-state index is 1.16. The summed E-state index contributed by atoms with van der Waals surface area (Å²) in [4.78, 5) is 4.82. The van der Waals surface area contributed by atoms with Gasteiger partial charge in [0.2, 0.25) is 0 Å². The molecular weight excluding hydrogens is 492 g/mol. The Kier molecular flexibility index (Phi) is 9.16. The largest absolute Gasteiger partial charge is 0.344 e. The zero-order valence-electron chi connectivity index (χ0n) is 23.9. The Balaban J connectivity index is 0.000000175. The summed E-state index contributed by atoms with van der Waals surface area (Å²) >= 11 is 1.81. The first-order valence-corrected chi connectivity index (χ1v) is 14.4. The van der Waals surface area contributed by atoms with E-state index in [9.17, 15) is 0 Å². The van der Waals surface area contributed by atoms with Gasteiger partial charge in [-0.2, -0.15) is 0 Å². The summed E-state index contributed by atoms with van der Waals surface area (Å²) in [5.74, 6) is 0. The molecule has 198 valence electrons.